The minimum Gasteiger partial charge on any atom is -0.493 e. The van der Waals surface area contributed by atoms with E-state index < -0.39 is 0 Å². The van der Waals surface area contributed by atoms with Crippen molar-refractivity contribution in [2.24, 2.45) is 0 Å². The fourth-order valence-corrected chi connectivity index (χ4v) is 2.83. The maximum Gasteiger partial charge on any atom is 0.255 e. The van der Waals surface area contributed by atoms with Gasteiger partial charge < -0.3 is 24.2 Å². The van der Waals surface area contributed by atoms with Crippen LogP contribution in [0.5, 0.6) is 11.5 Å². The molecule has 29 heavy (non-hydrogen) atoms. The number of hydrogen-bond acceptors (Lipinski definition) is 6. The minimum atomic E-state index is -0.224. The standard InChI is InChI=1S/C22H25N3O4/c1-14-19(15(2)29-24-14)13-28-20-11-6-16(12-21(20)27-5)22(26)23-17-7-9-18(10-8-17)25(3)4/h6-12H,13H2,1-5H3,(H,23,26). The van der Waals surface area contributed by atoms with E-state index in [1.54, 1.807) is 25.3 Å². The van der Waals surface area contributed by atoms with Gasteiger partial charge in [0.2, 0.25) is 0 Å². The number of amides is 1. The van der Waals surface area contributed by atoms with E-state index in [9.17, 15) is 4.79 Å². The van der Waals surface area contributed by atoms with E-state index in [-0.39, 0.29) is 5.91 Å². The summed E-state index contributed by atoms with van der Waals surface area (Å²) in [6.07, 6.45) is 0. The van der Waals surface area contributed by atoms with Crippen LogP contribution in [0.2, 0.25) is 0 Å². The van der Waals surface area contributed by atoms with Crippen LogP contribution in [0.4, 0.5) is 11.4 Å². The highest BCUT2D eigenvalue weighted by Crippen LogP contribution is 2.30. The van der Waals surface area contributed by atoms with Gasteiger partial charge in [0, 0.05) is 31.0 Å². The normalized spacial score (nSPS) is 10.5. The number of anilines is 2. The number of benzene rings is 2. The Bertz CT molecular complexity index is 974. The van der Waals surface area contributed by atoms with Crippen molar-refractivity contribution >= 4 is 17.3 Å². The van der Waals surface area contributed by atoms with Crippen molar-refractivity contribution in [1.29, 1.82) is 0 Å². The van der Waals surface area contributed by atoms with E-state index in [0.717, 1.165) is 28.4 Å². The number of methoxy groups -OCH3 is 1. The molecular weight excluding hydrogens is 370 g/mol. The molecule has 2 aromatic carbocycles. The first-order valence-electron chi connectivity index (χ1n) is 9.20. The molecule has 1 aromatic heterocycles. The van der Waals surface area contributed by atoms with Gasteiger partial charge in [-0.25, -0.2) is 0 Å². The molecule has 0 saturated heterocycles. The third-order valence-electron chi connectivity index (χ3n) is 4.62. The summed E-state index contributed by atoms with van der Waals surface area (Å²) in [4.78, 5) is 14.6. The van der Waals surface area contributed by atoms with E-state index in [2.05, 4.69) is 10.5 Å². The first kappa shape index (κ1) is 20.3. The molecule has 1 heterocycles. The zero-order valence-corrected chi connectivity index (χ0v) is 17.3. The number of aryl methyl sites for hydroxylation is 2. The number of hydrogen-bond donors (Lipinski definition) is 1. The Labute approximate surface area is 170 Å². The lowest BCUT2D eigenvalue weighted by Gasteiger charge is -2.14. The Morgan fingerprint density at radius 3 is 2.41 bits per heavy atom. The van der Waals surface area contributed by atoms with Gasteiger partial charge in [-0.1, -0.05) is 5.16 Å². The summed E-state index contributed by atoms with van der Waals surface area (Å²) >= 11 is 0. The maximum absolute atomic E-state index is 12.6. The lowest BCUT2D eigenvalue weighted by Crippen LogP contribution is -2.13. The van der Waals surface area contributed by atoms with Crippen LogP contribution >= 0.6 is 0 Å². The molecule has 152 valence electrons. The van der Waals surface area contributed by atoms with Crippen molar-refractivity contribution in [3.8, 4) is 11.5 Å². The van der Waals surface area contributed by atoms with Gasteiger partial charge in [-0.3, -0.25) is 4.79 Å². The summed E-state index contributed by atoms with van der Waals surface area (Å²) in [5, 5.41) is 6.81. The molecule has 0 aliphatic rings. The number of carbonyl (C=O) groups excluding carboxylic acids is 1. The molecule has 0 aliphatic carbocycles. The third kappa shape index (κ3) is 4.68. The summed E-state index contributed by atoms with van der Waals surface area (Å²) in [6.45, 7) is 4.01. The number of nitrogens with one attached hydrogen (secondary N) is 1. The van der Waals surface area contributed by atoms with Crippen LogP contribution in [-0.2, 0) is 6.61 Å². The van der Waals surface area contributed by atoms with Crippen LogP contribution in [0.15, 0.2) is 47.0 Å². The second-order valence-electron chi connectivity index (χ2n) is 6.85. The molecule has 0 unspecified atom stereocenters. The van der Waals surface area contributed by atoms with E-state index in [0.29, 0.717) is 23.7 Å². The first-order valence-corrected chi connectivity index (χ1v) is 9.20. The van der Waals surface area contributed by atoms with E-state index in [1.165, 1.54) is 0 Å². The van der Waals surface area contributed by atoms with Crippen LogP contribution in [-0.4, -0.2) is 32.3 Å². The minimum absolute atomic E-state index is 0.224. The quantitative estimate of drug-likeness (QED) is 0.646. The molecule has 0 spiro atoms. The number of ether oxygens (including phenoxy) is 2. The van der Waals surface area contributed by atoms with Gasteiger partial charge in [-0.05, 0) is 56.3 Å². The second-order valence-corrected chi connectivity index (χ2v) is 6.85. The molecule has 0 aliphatic heterocycles. The fraction of sp³-hybridized carbons (Fsp3) is 0.273. The highest BCUT2D eigenvalue weighted by molar-refractivity contribution is 6.04. The average molecular weight is 395 g/mol. The highest BCUT2D eigenvalue weighted by atomic mass is 16.5. The lowest BCUT2D eigenvalue weighted by atomic mass is 10.1. The van der Waals surface area contributed by atoms with E-state index in [4.69, 9.17) is 14.0 Å². The van der Waals surface area contributed by atoms with E-state index in [1.807, 2.05) is 57.1 Å². The molecule has 0 bridgehead atoms. The monoisotopic (exact) mass is 395 g/mol. The molecule has 3 aromatic rings. The SMILES string of the molecule is COc1cc(C(=O)Nc2ccc(N(C)C)cc2)ccc1OCc1c(C)noc1C. The van der Waals surface area contributed by atoms with Crippen molar-refractivity contribution in [2.75, 3.05) is 31.4 Å². The molecule has 0 fully saturated rings. The van der Waals surface area contributed by atoms with Crippen LogP contribution in [0.1, 0.15) is 27.4 Å². The lowest BCUT2D eigenvalue weighted by molar-refractivity contribution is 0.102. The summed E-state index contributed by atoms with van der Waals surface area (Å²) in [6, 6.07) is 12.7. The van der Waals surface area contributed by atoms with E-state index >= 15 is 0 Å². The Morgan fingerprint density at radius 2 is 1.83 bits per heavy atom. The van der Waals surface area contributed by atoms with Crippen molar-refractivity contribution in [3.05, 3.63) is 65.0 Å². The smallest absolute Gasteiger partial charge is 0.255 e. The molecule has 7 heteroatoms. The van der Waals surface area contributed by atoms with Gasteiger partial charge in [0.1, 0.15) is 12.4 Å². The maximum atomic E-state index is 12.6. The van der Waals surface area contributed by atoms with Gasteiger partial charge in [0.05, 0.1) is 18.4 Å². The summed E-state index contributed by atoms with van der Waals surface area (Å²) in [7, 11) is 5.48. The largest absolute Gasteiger partial charge is 0.493 e. The van der Waals surface area contributed by atoms with Gasteiger partial charge in [0.15, 0.2) is 11.5 Å². The van der Waals surface area contributed by atoms with Gasteiger partial charge in [-0.15, -0.1) is 0 Å². The molecule has 7 nitrogen and oxygen atoms in total. The number of carbonyl (C=O) groups is 1. The van der Waals surface area contributed by atoms with Crippen molar-refractivity contribution < 1.29 is 18.8 Å². The molecule has 0 atom stereocenters. The Balaban J connectivity index is 1.71. The first-order chi connectivity index (χ1) is 13.9. The van der Waals surface area contributed by atoms with Gasteiger partial charge in [-0.2, -0.15) is 0 Å². The van der Waals surface area contributed by atoms with Crippen molar-refractivity contribution in [2.45, 2.75) is 20.5 Å². The molecule has 0 radical (unpaired) electrons. The predicted molar refractivity (Wildman–Crippen MR) is 112 cm³/mol. The van der Waals surface area contributed by atoms with Crippen LogP contribution in [0.3, 0.4) is 0 Å². The topological polar surface area (TPSA) is 76.8 Å². The molecule has 3 rings (SSSR count). The molecule has 0 saturated carbocycles. The van der Waals surface area contributed by atoms with Gasteiger partial charge in [0.25, 0.3) is 5.91 Å². The Morgan fingerprint density at radius 1 is 1.10 bits per heavy atom. The van der Waals surface area contributed by atoms with Gasteiger partial charge >= 0.3 is 0 Å². The van der Waals surface area contributed by atoms with Crippen LogP contribution in [0.25, 0.3) is 0 Å². The van der Waals surface area contributed by atoms with Crippen molar-refractivity contribution in [1.82, 2.24) is 5.16 Å². The average Bonchev–Trinajstić information content (AvgIpc) is 3.04. The Kier molecular flexibility index (Phi) is 6.07. The Hall–Kier alpha value is -3.48. The van der Waals surface area contributed by atoms with Crippen LogP contribution < -0.4 is 19.7 Å². The molecule has 1 amide bonds. The number of nitrogens with zero attached hydrogens (tertiary/aromatic N) is 2. The third-order valence-corrected chi connectivity index (χ3v) is 4.62. The molecule has 1 N–H and O–H groups in total. The summed E-state index contributed by atoms with van der Waals surface area (Å²) < 4.78 is 16.4. The number of aromatic nitrogens is 1. The second kappa shape index (κ2) is 8.68. The zero-order valence-electron chi connectivity index (χ0n) is 17.3. The summed E-state index contributed by atoms with van der Waals surface area (Å²) in [5.74, 6) is 1.52. The van der Waals surface area contributed by atoms with Crippen molar-refractivity contribution in [3.63, 3.8) is 0 Å². The zero-order chi connectivity index (χ0) is 21.0. The van der Waals surface area contributed by atoms with Crippen LogP contribution in [0, 0.1) is 13.8 Å². The highest BCUT2D eigenvalue weighted by Gasteiger charge is 2.14. The molecular formula is C22H25N3O4. The summed E-state index contributed by atoms with van der Waals surface area (Å²) in [5.41, 5.74) is 3.94. The predicted octanol–water partition coefficient (Wildman–Crippen LogP) is 4.20. The fourth-order valence-electron chi connectivity index (χ4n) is 2.83. The number of rotatable bonds is 7.